The van der Waals surface area contributed by atoms with Gasteiger partial charge < -0.3 is 0 Å². The molecule has 2 aromatic heterocycles. The number of rotatable bonds is 5. The van der Waals surface area contributed by atoms with Crippen LogP contribution in [-0.2, 0) is 6.54 Å². The topological polar surface area (TPSA) is 47.8 Å². The second-order valence-electron chi connectivity index (χ2n) is 5.30. The van der Waals surface area contributed by atoms with Gasteiger partial charge >= 0.3 is 0 Å². The van der Waals surface area contributed by atoms with E-state index in [0.717, 1.165) is 6.20 Å². The fraction of sp³-hybridized carbons (Fsp3) is 0.235. The molecule has 0 radical (unpaired) electrons. The Bertz CT molecular complexity index is 873. The van der Waals surface area contributed by atoms with Crippen LogP contribution >= 0.6 is 0 Å². The molecule has 23 heavy (non-hydrogen) atoms. The number of pyridine rings is 1. The van der Waals surface area contributed by atoms with Crippen LogP contribution in [0.15, 0.2) is 36.5 Å². The molecule has 0 amide bonds. The van der Waals surface area contributed by atoms with E-state index in [1.807, 2.05) is 6.92 Å². The van der Waals surface area contributed by atoms with Crippen LogP contribution < -0.4 is 0 Å². The van der Waals surface area contributed by atoms with Gasteiger partial charge in [0.15, 0.2) is 11.4 Å². The van der Waals surface area contributed by atoms with Crippen LogP contribution in [0.5, 0.6) is 0 Å². The Morgan fingerprint density at radius 1 is 1.26 bits per heavy atom. The van der Waals surface area contributed by atoms with E-state index < -0.39 is 5.82 Å². The largest absolute Gasteiger partial charge is 0.292 e. The van der Waals surface area contributed by atoms with Gasteiger partial charge in [0.1, 0.15) is 17.3 Å². The van der Waals surface area contributed by atoms with Crippen molar-refractivity contribution in [3.05, 3.63) is 59.4 Å². The summed E-state index contributed by atoms with van der Waals surface area (Å²) >= 11 is 0. The number of nitrogens with zero attached hydrogens (tertiary/aromatic N) is 3. The first-order chi connectivity index (χ1) is 11.1. The van der Waals surface area contributed by atoms with Gasteiger partial charge in [-0.3, -0.25) is 4.79 Å². The lowest BCUT2D eigenvalue weighted by molar-refractivity contribution is 0.0977. The summed E-state index contributed by atoms with van der Waals surface area (Å²) in [5, 5.41) is 4.62. The van der Waals surface area contributed by atoms with Crippen molar-refractivity contribution in [1.29, 1.82) is 0 Å². The van der Waals surface area contributed by atoms with Crippen molar-refractivity contribution < 1.29 is 13.6 Å². The van der Waals surface area contributed by atoms with Crippen LogP contribution in [0.25, 0.3) is 11.0 Å². The van der Waals surface area contributed by atoms with Crippen LogP contribution in [-0.4, -0.2) is 20.5 Å². The molecular weight excluding hydrogens is 300 g/mol. The average Bonchev–Trinajstić information content (AvgIpc) is 2.88. The van der Waals surface area contributed by atoms with E-state index in [9.17, 15) is 13.6 Å². The molecular formula is C17H15F2N3O. The van der Waals surface area contributed by atoms with Crippen molar-refractivity contribution in [3.63, 3.8) is 0 Å². The number of carbonyl (C=O) groups is 1. The highest BCUT2D eigenvalue weighted by molar-refractivity contribution is 6.05. The Labute approximate surface area is 131 Å². The number of Topliss-reactive ketones (excluding diaryl/α,β-unsaturated/α-hetero) is 1. The molecule has 0 aliphatic heterocycles. The second-order valence-corrected chi connectivity index (χ2v) is 5.30. The van der Waals surface area contributed by atoms with E-state index in [1.165, 1.54) is 16.8 Å². The van der Waals surface area contributed by atoms with E-state index in [1.54, 1.807) is 18.2 Å². The number of aromatic nitrogens is 3. The monoisotopic (exact) mass is 315 g/mol. The molecule has 0 atom stereocenters. The van der Waals surface area contributed by atoms with Crippen LogP contribution in [0.3, 0.4) is 0 Å². The summed E-state index contributed by atoms with van der Waals surface area (Å²) in [6, 6.07) is 7.57. The number of benzene rings is 1. The maximum Gasteiger partial charge on any atom is 0.183 e. The Kier molecular flexibility index (Phi) is 4.14. The summed E-state index contributed by atoms with van der Waals surface area (Å²) in [6.45, 7) is 2.01. The van der Waals surface area contributed by atoms with E-state index in [4.69, 9.17) is 0 Å². The minimum atomic E-state index is -0.534. The van der Waals surface area contributed by atoms with E-state index in [-0.39, 0.29) is 23.8 Å². The van der Waals surface area contributed by atoms with Gasteiger partial charge in [-0.15, -0.1) is 0 Å². The fourth-order valence-electron chi connectivity index (χ4n) is 2.48. The molecule has 3 aromatic rings. The van der Waals surface area contributed by atoms with Gasteiger partial charge in [0.05, 0.1) is 18.1 Å². The van der Waals surface area contributed by atoms with Gasteiger partial charge in [0.25, 0.3) is 0 Å². The number of ketones is 1. The zero-order chi connectivity index (χ0) is 16.4. The first-order valence-electron chi connectivity index (χ1n) is 7.38. The standard InChI is InChI=1S/C17H15F2N3O/c1-2-5-15(23)16-13-8-12(18)9-20-17(13)22(21-16)10-11-6-3-4-7-14(11)19/h3-4,6-9H,2,5,10H2,1H3. The fourth-order valence-corrected chi connectivity index (χ4v) is 2.48. The third-order valence-corrected chi connectivity index (χ3v) is 3.57. The number of hydrogen-bond donors (Lipinski definition) is 0. The normalized spacial score (nSPS) is 11.1. The molecule has 4 nitrogen and oxygen atoms in total. The van der Waals surface area contributed by atoms with Gasteiger partial charge in [-0.05, 0) is 18.6 Å². The quantitative estimate of drug-likeness (QED) is 0.674. The molecule has 0 saturated heterocycles. The van der Waals surface area contributed by atoms with Crippen molar-refractivity contribution in [2.45, 2.75) is 26.3 Å². The van der Waals surface area contributed by atoms with Gasteiger partial charge in [-0.25, -0.2) is 18.4 Å². The molecule has 0 spiro atoms. The summed E-state index contributed by atoms with van der Waals surface area (Å²) < 4.78 is 28.8. The third-order valence-electron chi connectivity index (χ3n) is 3.57. The number of halogens is 2. The first kappa shape index (κ1) is 15.3. The Hall–Kier alpha value is -2.63. The summed E-state index contributed by atoms with van der Waals surface area (Å²) in [7, 11) is 0. The molecule has 0 N–H and O–H groups in total. The number of carbonyl (C=O) groups excluding carboxylic acids is 1. The van der Waals surface area contributed by atoms with Gasteiger partial charge in [0, 0.05) is 12.0 Å². The van der Waals surface area contributed by atoms with E-state index in [0.29, 0.717) is 29.4 Å². The second kappa shape index (κ2) is 6.24. The predicted molar refractivity (Wildman–Crippen MR) is 82.2 cm³/mol. The lowest BCUT2D eigenvalue weighted by Crippen LogP contribution is -2.06. The highest BCUT2D eigenvalue weighted by atomic mass is 19.1. The lowest BCUT2D eigenvalue weighted by atomic mass is 10.1. The molecule has 1 aromatic carbocycles. The van der Waals surface area contributed by atoms with E-state index >= 15 is 0 Å². The minimum Gasteiger partial charge on any atom is -0.292 e. The Balaban J connectivity index is 2.10. The van der Waals surface area contributed by atoms with Crippen LogP contribution in [0.4, 0.5) is 8.78 Å². The Morgan fingerprint density at radius 2 is 2.04 bits per heavy atom. The number of fused-ring (bicyclic) bond motifs is 1. The maximum atomic E-state index is 13.8. The summed E-state index contributed by atoms with van der Waals surface area (Å²) in [5.74, 6) is -1.06. The molecule has 2 heterocycles. The van der Waals surface area contributed by atoms with Crippen LogP contribution in [0.1, 0.15) is 35.8 Å². The zero-order valence-corrected chi connectivity index (χ0v) is 12.6. The molecule has 118 valence electrons. The van der Waals surface area contributed by atoms with Crippen LogP contribution in [0.2, 0.25) is 0 Å². The maximum absolute atomic E-state index is 13.8. The number of hydrogen-bond acceptors (Lipinski definition) is 3. The van der Waals surface area contributed by atoms with Crippen molar-refractivity contribution in [3.8, 4) is 0 Å². The van der Waals surface area contributed by atoms with Crippen molar-refractivity contribution >= 4 is 16.8 Å². The zero-order valence-electron chi connectivity index (χ0n) is 12.6. The molecule has 0 fully saturated rings. The molecule has 0 aliphatic carbocycles. The highest BCUT2D eigenvalue weighted by Crippen LogP contribution is 2.21. The molecule has 0 saturated carbocycles. The summed E-state index contributed by atoms with van der Waals surface area (Å²) in [5.41, 5.74) is 0.983. The van der Waals surface area contributed by atoms with Gasteiger partial charge in [-0.1, -0.05) is 25.1 Å². The summed E-state index contributed by atoms with van der Waals surface area (Å²) in [4.78, 5) is 16.2. The van der Waals surface area contributed by atoms with Gasteiger partial charge in [0.2, 0.25) is 0 Å². The highest BCUT2D eigenvalue weighted by Gasteiger charge is 2.19. The molecule has 6 heteroatoms. The van der Waals surface area contributed by atoms with Crippen molar-refractivity contribution in [2.75, 3.05) is 0 Å². The minimum absolute atomic E-state index is 0.126. The average molecular weight is 315 g/mol. The molecule has 0 aliphatic rings. The summed E-state index contributed by atoms with van der Waals surface area (Å²) in [6.07, 6.45) is 2.06. The van der Waals surface area contributed by atoms with Crippen molar-refractivity contribution in [2.24, 2.45) is 0 Å². The Morgan fingerprint density at radius 3 is 2.78 bits per heavy atom. The van der Waals surface area contributed by atoms with Gasteiger partial charge in [-0.2, -0.15) is 5.10 Å². The molecule has 0 bridgehead atoms. The van der Waals surface area contributed by atoms with Crippen LogP contribution in [0, 0.1) is 11.6 Å². The smallest absolute Gasteiger partial charge is 0.183 e. The molecule has 3 rings (SSSR count). The third kappa shape index (κ3) is 2.97. The van der Waals surface area contributed by atoms with E-state index in [2.05, 4.69) is 10.1 Å². The lowest BCUT2D eigenvalue weighted by Gasteiger charge is -2.04. The first-order valence-corrected chi connectivity index (χ1v) is 7.38. The SMILES string of the molecule is CCCC(=O)c1nn(Cc2ccccc2F)c2ncc(F)cc12. The van der Waals surface area contributed by atoms with Crippen molar-refractivity contribution in [1.82, 2.24) is 14.8 Å². The predicted octanol–water partition coefficient (Wildman–Crippen LogP) is 3.74. The molecule has 0 unspecified atom stereocenters.